The number of aliphatic imine (C=N–C) groups is 1. The first-order valence-corrected chi connectivity index (χ1v) is 23.9. The van der Waals surface area contributed by atoms with Gasteiger partial charge in [0.1, 0.15) is 49.1 Å². The minimum absolute atomic E-state index is 0.00741. The lowest BCUT2D eigenvalue weighted by molar-refractivity contribution is -0.137. The van der Waals surface area contributed by atoms with Crippen molar-refractivity contribution >= 4 is 76.9 Å². The summed E-state index contributed by atoms with van der Waals surface area (Å²) in [6, 6.07) is 9.67. The molecule has 8 amide bonds. The molecule has 0 saturated heterocycles. The maximum atomic E-state index is 15.1. The molecule has 0 radical (unpaired) electrons. The number of fused-ring (bicyclic) bond motifs is 1. The Morgan fingerprint density at radius 2 is 1.54 bits per heavy atom. The van der Waals surface area contributed by atoms with Crippen LogP contribution in [0.2, 0.25) is 0 Å². The van der Waals surface area contributed by atoms with E-state index < -0.39 is 95.5 Å². The Morgan fingerprint density at radius 1 is 0.855 bits per heavy atom. The number of nitrogens with zero attached hydrogens (tertiary/aromatic N) is 3. The van der Waals surface area contributed by atoms with Gasteiger partial charge in [-0.2, -0.15) is 0 Å². The average Bonchev–Trinajstić information content (AvgIpc) is 3.77. The van der Waals surface area contributed by atoms with E-state index >= 15 is 4.39 Å². The van der Waals surface area contributed by atoms with Gasteiger partial charge in [-0.05, 0) is 80.3 Å². The van der Waals surface area contributed by atoms with Crippen LogP contribution in [-0.2, 0) is 49.5 Å². The van der Waals surface area contributed by atoms with Gasteiger partial charge in [0.15, 0.2) is 0 Å². The second-order valence-corrected chi connectivity index (χ2v) is 16.9. The van der Waals surface area contributed by atoms with Crippen LogP contribution in [-0.4, -0.2) is 142 Å². The number of hydrogen-bond donors (Lipinski definition) is 9. The van der Waals surface area contributed by atoms with E-state index in [9.17, 15) is 48.2 Å². The standard InChI is InChI=1S/C50H60F2N12O12/c1-29(60-38(65)16-20-73-23-24-74-22-19-63-39(66)14-15-40(63)67)47(69)62-36(5-3-4-17-53)48(70)61-34-12-6-30(7-13-34)27-76-49(71)58-18-21-75-50(72)64-37-26-33(52)25-35(45(56)68)41(37)43(55)42(46(57-2)59-28-54)44(64)31-8-10-32(51)11-9-31/h6-15,25-26,28-29,36,42,44,55H,3-5,16-24,27,53H2,1-2H3,(H2,56,68)(H,58,71)(H,60,65)(H,61,70)(H,62,69)(H2,54,57,59)/t29-,36?,42-,44+/m0/s1. The van der Waals surface area contributed by atoms with Crippen molar-refractivity contribution in [2.75, 3.05) is 69.9 Å². The fourth-order valence-electron chi connectivity index (χ4n) is 7.95. The number of amides is 8. The van der Waals surface area contributed by atoms with Gasteiger partial charge in [0, 0.05) is 36.9 Å². The zero-order valence-electron chi connectivity index (χ0n) is 41.7. The third-order valence-electron chi connectivity index (χ3n) is 11.7. The molecule has 2 heterocycles. The van der Waals surface area contributed by atoms with Gasteiger partial charge in [-0.3, -0.25) is 44.0 Å². The molecule has 2 aliphatic heterocycles. The number of anilines is 2. The van der Waals surface area contributed by atoms with Crippen LogP contribution < -0.4 is 43.0 Å². The second-order valence-electron chi connectivity index (χ2n) is 16.9. The van der Waals surface area contributed by atoms with Gasteiger partial charge in [-0.25, -0.2) is 23.4 Å². The Bertz CT molecular complexity index is 2670. The van der Waals surface area contributed by atoms with Crippen molar-refractivity contribution in [2.45, 2.75) is 57.3 Å². The minimum Gasteiger partial charge on any atom is -0.447 e. The summed E-state index contributed by atoms with van der Waals surface area (Å²) in [5.74, 6) is -6.34. The van der Waals surface area contributed by atoms with Crippen LogP contribution in [0.3, 0.4) is 0 Å². The number of alkyl carbamates (subject to hydrolysis) is 1. The fraction of sp³-hybridized carbons (Fsp3) is 0.380. The van der Waals surface area contributed by atoms with Gasteiger partial charge < -0.3 is 62.4 Å². The van der Waals surface area contributed by atoms with E-state index in [1.807, 2.05) is 0 Å². The van der Waals surface area contributed by atoms with Crippen molar-refractivity contribution in [3.8, 4) is 0 Å². The summed E-state index contributed by atoms with van der Waals surface area (Å²) in [7, 11) is 1.45. The van der Waals surface area contributed by atoms with Crippen LogP contribution in [0.25, 0.3) is 0 Å². The number of rotatable bonds is 27. The Balaban J connectivity index is 1.09. The van der Waals surface area contributed by atoms with E-state index in [0.717, 1.165) is 34.1 Å². The number of hydrogen-bond acceptors (Lipinski definition) is 15. The highest BCUT2D eigenvalue weighted by molar-refractivity contribution is 6.24. The summed E-state index contributed by atoms with van der Waals surface area (Å²) in [5, 5.41) is 30.1. The molecule has 5 rings (SSSR count). The number of ether oxygens (including phenoxy) is 4. The summed E-state index contributed by atoms with van der Waals surface area (Å²) < 4.78 is 50.9. The van der Waals surface area contributed by atoms with E-state index in [-0.39, 0.29) is 87.3 Å². The number of halogens is 2. The molecule has 0 bridgehead atoms. The van der Waals surface area contributed by atoms with Crippen molar-refractivity contribution in [3.05, 3.63) is 107 Å². The first-order chi connectivity index (χ1) is 36.5. The summed E-state index contributed by atoms with van der Waals surface area (Å²) in [6.45, 7) is 1.47. The number of benzene rings is 3. The zero-order chi connectivity index (χ0) is 55.3. The summed E-state index contributed by atoms with van der Waals surface area (Å²) in [4.78, 5) is 108. The topological polar surface area (TPSA) is 352 Å². The summed E-state index contributed by atoms with van der Waals surface area (Å²) >= 11 is 0. The number of unbranched alkanes of at least 4 members (excludes halogenated alkanes) is 1. The van der Waals surface area contributed by atoms with Crippen molar-refractivity contribution in [1.82, 2.24) is 26.2 Å². The predicted octanol–water partition coefficient (Wildman–Crippen LogP) is 2.30. The summed E-state index contributed by atoms with van der Waals surface area (Å²) in [5.41, 5.74) is 11.2. The van der Waals surface area contributed by atoms with Crippen LogP contribution in [0.15, 0.2) is 77.8 Å². The van der Waals surface area contributed by atoms with Gasteiger partial charge in [-0.15, -0.1) is 0 Å². The first kappa shape index (κ1) is 58.4. The fourth-order valence-corrected chi connectivity index (χ4v) is 7.95. The largest absolute Gasteiger partial charge is 0.447 e. The third-order valence-corrected chi connectivity index (χ3v) is 11.7. The molecule has 0 fully saturated rings. The van der Waals surface area contributed by atoms with E-state index in [0.29, 0.717) is 37.0 Å². The molecule has 0 aliphatic carbocycles. The van der Waals surface area contributed by atoms with Crippen LogP contribution >= 0.6 is 0 Å². The molecule has 24 nitrogen and oxygen atoms in total. The Morgan fingerprint density at radius 3 is 2.18 bits per heavy atom. The number of primary amides is 1. The highest BCUT2D eigenvalue weighted by Crippen LogP contribution is 2.44. The third kappa shape index (κ3) is 16.3. The van der Waals surface area contributed by atoms with Gasteiger partial charge in [-0.1, -0.05) is 24.3 Å². The van der Waals surface area contributed by atoms with Crippen LogP contribution in [0, 0.1) is 28.4 Å². The van der Waals surface area contributed by atoms with Crippen molar-refractivity contribution < 1.29 is 66.1 Å². The van der Waals surface area contributed by atoms with Crippen LogP contribution in [0.4, 0.5) is 29.7 Å². The molecular formula is C50H60F2N12O12. The Labute approximate surface area is 435 Å². The molecule has 2 aliphatic rings. The Kier molecular flexibility index (Phi) is 22.1. The maximum absolute atomic E-state index is 15.1. The van der Waals surface area contributed by atoms with Crippen LogP contribution in [0.5, 0.6) is 0 Å². The first-order valence-electron chi connectivity index (χ1n) is 23.9. The lowest BCUT2D eigenvalue weighted by Gasteiger charge is -2.42. The molecule has 0 aromatic heterocycles. The molecule has 76 heavy (non-hydrogen) atoms. The normalized spacial score (nSPS) is 15.8. The number of carbonyl (C=O) groups excluding carboxylic acids is 8. The molecule has 3 aromatic carbocycles. The molecular weight excluding hydrogens is 999 g/mol. The van der Waals surface area contributed by atoms with E-state index in [4.69, 9.17) is 35.8 Å². The molecule has 11 N–H and O–H groups in total. The zero-order valence-corrected chi connectivity index (χ0v) is 41.7. The van der Waals surface area contributed by atoms with E-state index in [2.05, 4.69) is 31.6 Å². The lowest BCUT2D eigenvalue weighted by atomic mass is 9.78. The maximum Gasteiger partial charge on any atom is 0.414 e. The van der Waals surface area contributed by atoms with Crippen molar-refractivity contribution in [2.24, 2.45) is 22.4 Å². The quantitative estimate of drug-likeness (QED) is 0.0229. The van der Waals surface area contributed by atoms with Crippen LogP contribution in [0.1, 0.15) is 65.7 Å². The molecule has 0 spiro atoms. The average molecular weight is 1060 g/mol. The Hall–Kier alpha value is -8.49. The van der Waals surface area contributed by atoms with Crippen molar-refractivity contribution in [1.29, 1.82) is 10.8 Å². The number of nitrogens with two attached hydrogens (primary N) is 2. The molecule has 0 saturated carbocycles. The monoisotopic (exact) mass is 1060 g/mol. The smallest absolute Gasteiger partial charge is 0.414 e. The number of carbonyl (C=O) groups is 8. The van der Waals surface area contributed by atoms with Gasteiger partial charge >= 0.3 is 12.2 Å². The van der Waals surface area contributed by atoms with Crippen molar-refractivity contribution in [3.63, 3.8) is 0 Å². The minimum atomic E-state index is -1.27. The van der Waals surface area contributed by atoms with Gasteiger partial charge in [0.2, 0.25) is 23.6 Å². The predicted molar refractivity (Wildman–Crippen MR) is 271 cm³/mol. The van der Waals surface area contributed by atoms with Gasteiger partial charge in [0.05, 0.1) is 68.4 Å². The lowest BCUT2D eigenvalue weighted by Crippen LogP contribution is -2.51. The molecule has 1 unspecified atom stereocenters. The van der Waals surface area contributed by atoms with Gasteiger partial charge in [0.25, 0.3) is 11.8 Å². The molecule has 3 aromatic rings. The SMILES string of the molecule is CN/C(=N\C=N)[C@H]1C(=N)c2c(C(N)=O)cc(F)cc2N(C(=O)OCCNC(=O)OCc2ccc(NC(=O)C(CCCCN)NC(=O)[C@H](C)NC(=O)CCOCCOCCN3C(=O)C=CC3=O)cc2)[C@@H]1c1ccc(F)cc1. The second kappa shape index (κ2) is 28.8. The molecule has 26 heteroatoms. The van der Waals surface area contributed by atoms with E-state index in [1.165, 1.54) is 38.3 Å². The van der Waals surface area contributed by atoms with E-state index in [1.54, 1.807) is 24.3 Å². The number of nitrogens with one attached hydrogen (secondary N) is 7. The highest BCUT2D eigenvalue weighted by atomic mass is 19.1. The number of amidine groups is 1. The highest BCUT2D eigenvalue weighted by Gasteiger charge is 2.47. The number of imide groups is 1. The summed E-state index contributed by atoms with van der Waals surface area (Å²) in [6.07, 6.45) is 2.34. The molecule has 406 valence electrons. The molecule has 4 atom stereocenters.